The summed E-state index contributed by atoms with van der Waals surface area (Å²) >= 11 is 0. The fourth-order valence-electron chi connectivity index (χ4n) is 2.29. The molecule has 1 aliphatic heterocycles. The average Bonchev–Trinajstić information content (AvgIpc) is 2.58. The molecule has 1 saturated heterocycles. The number of imide groups is 1. The van der Waals surface area contributed by atoms with Crippen LogP contribution in [0.2, 0.25) is 0 Å². The van der Waals surface area contributed by atoms with Gasteiger partial charge in [0.1, 0.15) is 5.82 Å². The molecule has 1 heterocycles. The smallest absolute Gasteiger partial charge is 0.233 e. The highest BCUT2D eigenvalue weighted by molar-refractivity contribution is 6.04. The molecule has 1 aromatic rings. The van der Waals surface area contributed by atoms with Crippen molar-refractivity contribution in [1.82, 2.24) is 4.90 Å². The van der Waals surface area contributed by atoms with Crippen LogP contribution in [0.1, 0.15) is 25.0 Å². The van der Waals surface area contributed by atoms with Crippen LogP contribution in [0.4, 0.5) is 4.39 Å². The van der Waals surface area contributed by atoms with Gasteiger partial charge in [-0.3, -0.25) is 14.5 Å². The molecule has 0 radical (unpaired) electrons. The lowest BCUT2D eigenvalue weighted by molar-refractivity contribution is -0.140. The van der Waals surface area contributed by atoms with E-state index in [9.17, 15) is 14.0 Å². The SMILES string of the molecule is CC1C(=O)N(Cc2ccc(F)cc2CN)C(=O)C1C. The van der Waals surface area contributed by atoms with E-state index in [0.717, 1.165) is 0 Å². The van der Waals surface area contributed by atoms with Crippen molar-refractivity contribution in [2.75, 3.05) is 0 Å². The molecule has 5 heteroatoms. The molecule has 19 heavy (non-hydrogen) atoms. The number of benzene rings is 1. The van der Waals surface area contributed by atoms with Crippen molar-refractivity contribution in [3.8, 4) is 0 Å². The first kappa shape index (κ1) is 13.7. The standard InChI is InChI=1S/C14H17FN2O2/c1-8-9(2)14(19)17(13(8)18)7-10-3-4-12(15)5-11(10)6-16/h3-5,8-9H,6-7,16H2,1-2H3. The highest BCUT2D eigenvalue weighted by atomic mass is 19.1. The molecule has 2 unspecified atom stereocenters. The van der Waals surface area contributed by atoms with Gasteiger partial charge in [-0.1, -0.05) is 19.9 Å². The molecule has 0 saturated carbocycles. The number of halogens is 1. The Balaban J connectivity index is 2.27. The number of nitrogens with zero attached hydrogens (tertiary/aromatic N) is 1. The van der Waals surface area contributed by atoms with Gasteiger partial charge in [0.25, 0.3) is 0 Å². The van der Waals surface area contributed by atoms with Gasteiger partial charge in [0, 0.05) is 18.4 Å². The quantitative estimate of drug-likeness (QED) is 0.840. The summed E-state index contributed by atoms with van der Waals surface area (Å²) in [6, 6.07) is 4.23. The normalized spacial score (nSPS) is 23.3. The van der Waals surface area contributed by atoms with Crippen LogP contribution in [0.15, 0.2) is 18.2 Å². The number of rotatable bonds is 3. The zero-order chi connectivity index (χ0) is 14.2. The minimum absolute atomic E-state index is 0.166. The number of carbonyl (C=O) groups excluding carboxylic acids is 2. The van der Waals surface area contributed by atoms with Gasteiger partial charge in [0.15, 0.2) is 0 Å². The summed E-state index contributed by atoms with van der Waals surface area (Å²) in [4.78, 5) is 25.2. The van der Waals surface area contributed by atoms with Crippen molar-refractivity contribution in [2.45, 2.75) is 26.9 Å². The Hall–Kier alpha value is -1.75. The largest absolute Gasteiger partial charge is 0.326 e. The van der Waals surface area contributed by atoms with Gasteiger partial charge in [0.05, 0.1) is 6.54 Å². The van der Waals surface area contributed by atoms with Crippen LogP contribution >= 0.6 is 0 Å². The minimum Gasteiger partial charge on any atom is -0.326 e. The van der Waals surface area contributed by atoms with Crippen molar-refractivity contribution in [3.05, 3.63) is 35.1 Å². The van der Waals surface area contributed by atoms with Crippen LogP contribution in [-0.2, 0) is 22.7 Å². The summed E-state index contributed by atoms with van der Waals surface area (Å²) in [5.41, 5.74) is 6.90. The monoisotopic (exact) mass is 264 g/mol. The summed E-state index contributed by atoms with van der Waals surface area (Å²) < 4.78 is 13.1. The third-order valence-corrected chi connectivity index (χ3v) is 3.78. The summed E-state index contributed by atoms with van der Waals surface area (Å²) in [7, 11) is 0. The topological polar surface area (TPSA) is 63.4 Å². The van der Waals surface area contributed by atoms with E-state index in [2.05, 4.69) is 0 Å². The van der Waals surface area contributed by atoms with Crippen molar-refractivity contribution in [2.24, 2.45) is 17.6 Å². The van der Waals surface area contributed by atoms with E-state index in [1.165, 1.54) is 17.0 Å². The molecule has 1 fully saturated rings. The number of likely N-dealkylation sites (tertiary alicyclic amines) is 1. The lowest BCUT2D eigenvalue weighted by atomic mass is 10.00. The average molecular weight is 264 g/mol. The van der Waals surface area contributed by atoms with Crippen molar-refractivity contribution < 1.29 is 14.0 Å². The van der Waals surface area contributed by atoms with E-state index >= 15 is 0 Å². The Morgan fingerprint density at radius 3 is 2.26 bits per heavy atom. The second kappa shape index (κ2) is 5.09. The van der Waals surface area contributed by atoms with E-state index in [1.54, 1.807) is 19.9 Å². The lowest BCUT2D eigenvalue weighted by Crippen LogP contribution is -2.30. The van der Waals surface area contributed by atoms with E-state index in [0.29, 0.717) is 11.1 Å². The molecule has 2 amide bonds. The van der Waals surface area contributed by atoms with Gasteiger partial charge in [0.2, 0.25) is 11.8 Å². The molecule has 4 nitrogen and oxygen atoms in total. The molecule has 2 atom stereocenters. The zero-order valence-corrected chi connectivity index (χ0v) is 11.0. The molecular weight excluding hydrogens is 247 g/mol. The lowest BCUT2D eigenvalue weighted by Gasteiger charge is -2.17. The molecular formula is C14H17FN2O2. The summed E-state index contributed by atoms with van der Waals surface area (Å²) in [6.45, 7) is 3.84. The predicted molar refractivity (Wildman–Crippen MR) is 68.2 cm³/mol. The van der Waals surface area contributed by atoms with Crippen molar-refractivity contribution >= 4 is 11.8 Å². The van der Waals surface area contributed by atoms with Crippen LogP contribution in [0, 0.1) is 17.7 Å². The highest BCUT2D eigenvalue weighted by Crippen LogP contribution is 2.27. The number of hydrogen-bond acceptors (Lipinski definition) is 3. The van der Waals surface area contributed by atoms with E-state index < -0.39 is 0 Å². The van der Waals surface area contributed by atoms with Crippen LogP contribution in [0.3, 0.4) is 0 Å². The van der Waals surface area contributed by atoms with Gasteiger partial charge in [-0.2, -0.15) is 0 Å². The van der Waals surface area contributed by atoms with Gasteiger partial charge in [-0.05, 0) is 23.3 Å². The second-order valence-electron chi connectivity index (χ2n) is 4.96. The molecule has 0 bridgehead atoms. The van der Waals surface area contributed by atoms with Crippen molar-refractivity contribution in [3.63, 3.8) is 0 Å². The summed E-state index contributed by atoms with van der Waals surface area (Å²) in [5.74, 6) is -1.32. The maximum absolute atomic E-state index is 13.1. The fraction of sp³-hybridized carbons (Fsp3) is 0.429. The van der Waals surface area contributed by atoms with E-state index in [-0.39, 0.29) is 42.6 Å². The van der Waals surface area contributed by atoms with E-state index in [4.69, 9.17) is 5.73 Å². The van der Waals surface area contributed by atoms with Crippen LogP contribution in [0.25, 0.3) is 0 Å². The first-order valence-electron chi connectivity index (χ1n) is 6.28. The molecule has 102 valence electrons. The van der Waals surface area contributed by atoms with Crippen LogP contribution in [-0.4, -0.2) is 16.7 Å². The maximum atomic E-state index is 13.1. The van der Waals surface area contributed by atoms with Gasteiger partial charge >= 0.3 is 0 Å². The minimum atomic E-state index is -0.370. The molecule has 0 aromatic heterocycles. The summed E-state index contributed by atoms with van der Waals surface area (Å²) in [5, 5.41) is 0. The Labute approximate surface area is 111 Å². The Morgan fingerprint density at radius 1 is 1.16 bits per heavy atom. The fourth-order valence-corrected chi connectivity index (χ4v) is 2.29. The van der Waals surface area contributed by atoms with Crippen molar-refractivity contribution in [1.29, 1.82) is 0 Å². The Bertz CT molecular complexity index is 510. The molecule has 0 spiro atoms. The first-order chi connectivity index (χ1) is 8.95. The van der Waals surface area contributed by atoms with Crippen LogP contribution < -0.4 is 5.73 Å². The Kier molecular flexibility index (Phi) is 3.66. The first-order valence-corrected chi connectivity index (χ1v) is 6.28. The number of hydrogen-bond donors (Lipinski definition) is 1. The molecule has 2 N–H and O–H groups in total. The molecule has 2 rings (SSSR count). The number of amides is 2. The highest BCUT2D eigenvalue weighted by Gasteiger charge is 2.42. The molecule has 1 aliphatic rings. The van der Waals surface area contributed by atoms with Gasteiger partial charge in [-0.15, -0.1) is 0 Å². The Morgan fingerprint density at radius 2 is 1.74 bits per heavy atom. The van der Waals surface area contributed by atoms with Crippen LogP contribution in [0.5, 0.6) is 0 Å². The van der Waals surface area contributed by atoms with Gasteiger partial charge in [-0.25, -0.2) is 4.39 Å². The second-order valence-corrected chi connectivity index (χ2v) is 4.96. The molecule has 1 aromatic carbocycles. The number of nitrogens with two attached hydrogens (primary N) is 1. The molecule has 0 aliphatic carbocycles. The third-order valence-electron chi connectivity index (χ3n) is 3.78. The maximum Gasteiger partial charge on any atom is 0.233 e. The van der Waals surface area contributed by atoms with Gasteiger partial charge < -0.3 is 5.73 Å². The predicted octanol–water partition coefficient (Wildman–Crippen LogP) is 1.43. The van der Waals surface area contributed by atoms with E-state index in [1.807, 2.05) is 0 Å². The summed E-state index contributed by atoms with van der Waals surface area (Å²) in [6.07, 6.45) is 0. The third kappa shape index (κ3) is 2.38. The zero-order valence-electron chi connectivity index (χ0n) is 11.0. The number of carbonyl (C=O) groups is 2.